The normalized spacial score (nSPS) is 22.6. The summed E-state index contributed by atoms with van der Waals surface area (Å²) in [5.74, 6) is -0.492. The van der Waals surface area contributed by atoms with Crippen molar-refractivity contribution in [3.8, 4) is 0 Å². The van der Waals surface area contributed by atoms with Crippen LogP contribution in [0.5, 0.6) is 0 Å². The van der Waals surface area contributed by atoms with Crippen LogP contribution in [0.25, 0.3) is 0 Å². The zero-order valence-corrected chi connectivity index (χ0v) is 39.0. The number of carbonyl (C=O) groups excluding carboxylic acids is 1. The van der Waals surface area contributed by atoms with Gasteiger partial charge < -0.3 is 39.9 Å². The molecular weight excluding hydrogens is 812 g/mol. The Hall–Kier alpha value is -2.22. The van der Waals surface area contributed by atoms with Crippen molar-refractivity contribution in [1.82, 2.24) is 0 Å². The average Bonchev–Trinajstić information content (AvgIpc) is 3.26. The second-order valence-electron chi connectivity index (χ2n) is 16.2. The molecule has 0 aliphatic heterocycles. The molecule has 13 heteroatoms. The van der Waals surface area contributed by atoms with E-state index in [-0.39, 0.29) is 13.0 Å². The summed E-state index contributed by atoms with van der Waals surface area (Å²) >= 11 is 0. The Kier molecular flexibility index (Phi) is 36.5. The summed E-state index contributed by atoms with van der Waals surface area (Å²) in [4.78, 5) is 23.1. The Morgan fingerprint density at radius 2 is 0.952 bits per heavy atom. The van der Waals surface area contributed by atoms with Crippen LogP contribution in [-0.4, -0.2) is 98.9 Å². The van der Waals surface area contributed by atoms with E-state index in [1.165, 1.54) is 57.8 Å². The fourth-order valence-corrected chi connectivity index (χ4v) is 7.80. The molecule has 0 amide bonds. The highest BCUT2D eigenvalue weighted by molar-refractivity contribution is 7.47. The highest BCUT2D eigenvalue weighted by Gasteiger charge is 2.51. The van der Waals surface area contributed by atoms with Gasteiger partial charge in [0.1, 0.15) is 42.7 Å². The van der Waals surface area contributed by atoms with Crippen molar-refractivity contribution < 1.29 is 58.3 Å². The first-order chi connectivity index (χ1) is 30.0. The molecule has 0 spiro atoms. The molecule has 1 aliphatic carbocycles. The highest BCUT2D eigenvalue weighted by Crippen LogP contribution is 2.47. The zero-order valence-electron chi connectivity index (χ0n) is 38.1. The van der Waals surface area contributed by atoms with Crippen LogP contribution in [-0.2, 0) is 27.9 Å². The van der Waals surface area contributed by atoms with Crippen LogP contribution in [0.1, 0.15) is 168 Å². The summed E-state index contributed by atoms with van der Waals surface area (Å²) in [5, 5.41) is 50.2. The first kappa shape index (κ1) is 57.8. The van der Waals surface area contributed by atoms with Gasteiger partial charge in [-0.05, 0) is 64.2 Å². The average molecular weight is 897 g/mol. The predicted octanol–water partition coefficient (Wildman–Crippen LogP) is 9.97. The molecule has 1 aliphatic rings. The van der Waals surface area contributed by atoms with E-state index in [1.807, 2.05) is 0 Å². The lowest BCUT2D eigenvalue weighted by Crippen LogP contribution is -2.64. The van der Waals surface area contributed by atoms with Crippen molar-refractivity contribution in [2.24, 2.45) is 0 Å². The molecule has 6 N–H and O–H groups in total. The van der Waals surface area contributed by atoms with Gasteiger partial charge in [0, 0.05) is 13.0 Å². The lowest BCUT2D eigenvalue weighted by Gasteiger charge is -2.41. The largest absolute Gasteiger partial charge is 0.472 e. The Labute approximate surface area is 374 Å². The highest BCUT2D eigenvalue weighted by atomic mass is 31.2. The minimum Gasteiger partial charge on any atom is -0.457 e. The lowest BCUT2D eigenvalue weighted by atomic mass is 9.85. The van der Waals surface area contributed by atoms with Crippen LogP contribution in [0.15, 0.2) is 72.9 Å². The summed E-state index contributed by atoms with van der Waals surface area (Å²) in [5.41, 5.74) is 0. The van der Waals surface area contributed by atoms with E-state index in [9.17, 15) is 39.8 Å². The van der Waals surface area contributed by atoms with Gasteiger partial charge in [-0.25, -0.2) is 4.57 Å². The predicted molar refractivity (Wildman–Crippen MR) is 248 cm³/mol. The first-order valence-corrected chi connectivity index (χ1v) is 25.3. The molecule has 358 valence electrons. The van der Waals surface area contributed by atoms with E-state index in [0.29, 0.717) is 13.0 Å². The Bertz CT molecular complexity index is 1300. The molecule has 0 saturated heterocycles. The SMILES string of the molecule is CC/C=C\C/C=C\C/C=C\C/C=C\C/C=C\C/C=C\CCCCCOCC(COP(=O)(O)OC1C(O)C(O)C(O)C(O)C1O)OC(=O)CCCCCCCCCCCCCCC. The van der Waals surface area contributed by atoms with Crippen molar-refractivity contribution in [2.45, 2.75) is 211 Å². The molecule has 0 bridgehead atoms. The number of ether oxygens (including phenoxy) is 2. The quantitative estimate of drug-likeness (QED) is 0.0148. The molecule has 62 heavy (non-hydrogen) atoms. The monoisotopic (exact) mass is 897 g/mol. The summed E-state index contributed by atoms with van der Waals surface area (Å²) in [6, 6.07) is 0. The topological polar surface area (TPSA) is 192 Å². The van der Waals surface area contributed by atoms with Gasteiger partial charge in [0.15, 0.2) is 0 Å². The fraction of sp³-hybridized carbons (Fsp3) is 0.735. The van der Waals surface area contributed by atoms with Gasteiger partial charge in [-0.3, -0.25) is 13.8 Å². The van der Waals surface area contributed by atoms with E-state index >= 15 is 0 Å². The van der Waals surface area contributed by atoms with Crippen LogP contribution in [0.2, 0.25) is 0 Å². The van der Waals surface area contributed by atoms with Crippen LogP contribution in [0.4, 0.5) is 0 Å². The van der Waals surface area contributed by atoms with Gasteiger partial charge in [0.25, 0.3) is 0 Å². The number of hydrogen-bond donors (Lipinski definition) is 6. The van der Waals surface area contributed by atoms with Crippen molar-refractivity contribution >= 4 is 13.8 Å². The summed E-state index contributed by atoms with van der Waals surface area (Å²) in [6.45, 7) is 4.06. The van der Waals surface area contributed by atoms with Crippen molar-refractivity contribution in [1.29, 1.82) is 0 Å². The molecule has 0 heterocycles. The first-order valence-electron chi connectivity index (χ1n) is 23.8. The molecule has 0 aromatic rings. The molecule has 6 atom stereocenters. The zero-order chi connectivity index (χ0) is 45.5. The molecular formula is C49H85O12P. The number of unbranched alkanes of at least 4 members (excludes halogenated alkanes) is 15. The molecule has 0 radical (unpaired) electrons. The third-order valence-electron chi connectivity index (χ3n) is 10.6. The van der Waals surface area contributed by atoms with Crippen molar-refractivity contribution in [2.75, 3.05) is 19.8 Å². The Morgan fingerprint density at radius 1 is 0.532 bits per heavy atom. The number of allylic oxidation sites excluding steroid dienone is 12. The number of aliphatic hydroxyl groups is 5. The Balaban J connectivity index is 2.40. The van der Waals surface area contributed by atoms with E-state index in [2.05, 4.69) is 86.8 Å². The maximum absolute atomic E-state index is 12.8. The minimum atomic E-state index is -5.03. The second kappa shape index (κ2) is 39.2. The molecule has 1 saturated carbocycles. The molecule has 6 unspecified atom stereocenters. The maximum atomic E-state index is 12.8. The lowest BCUT2D eigenvalue weighted by molar-refractivity contribution is -0.220. The van der Waals surface area contributed by atoms with Crippen LogP contribution in [0, 0.1) is 0 Å². The van der Waals surface area contributed by atoms with Crippen molar-refractivity contribution in [3.05, 3.63) is 72.9 Å². The molecule has 0 aromatic carbocycles. The number of phosphoric acid groups is 1. The third-order valence-corrected chi connectivity index (χ3v) is 11.6. The number of carbonyl (C=O) groups is 1. The van der Waals surface area contributed by atoms with E-state index < -0.39 is 63.1 Å². The van der Waals surface area contributed by atoms with Gasteiger partial charge in [-0.15, -0.1) is 0 Å². The molecule has 1 fully saturated rings. The van der Waals surface area contributed by atoms with Crippen LogP contribution >= 0.6 is 7.82 Å². The van der Waals surface area contributed by atoms with Gasteiger partial charge in [-0.2, -0.15) is 0 Å². The maximum Gasteiger partial charge on any atom is 0.472 e. The summed E-state index contributed by atoms with van der Waals surface area (Å²) in [6.07, 6.45) is 38.3. The third kappa shape index (κ3) is 30.8. The number of rotatable bonds is 39. The number of esters is 1. The number of phosphoric ester groups is 1. The van der Waals surface area contributed by atoms with Crippen LogP contribution < -0.4 is 0 Å². The van der Waals surface area contributed by atoms with E-state index in [1.54, 1.807) is 0 Å². The molecule has 0 aromatic heterocycles. The Morgan fingerprint density at radius 3 is 1.44 bits per heavy atom. The van der Waals surface area contributed by atoms with Crippen molar-refractivity contribution in [3.63, 3.8) is 0 Å². The number of hydrogen-bond acceptors (Lipinski definition) is 11. The van der Waals surface area contributed by atoms with Gasteiger partial charge in [-0.1, -0.05) is 170 Å². The van der Waals surface area contributed by atoms with E-state index in [0.717, 1.165) is 83.5 Å². The van der Waals surface area contributed by atoms with Crippen LogP contribution in [0.3, 0.4) is 0 Å². The standard InChI is InChI=1S/C49H85O12P/c1-3-5-7-9-11-13-15-17-18-19-20-21-22-23-24-25-27-29-31-33-35-37-39-58-40-42(41-59-62(56,57)61-49-47(54)45(52)44(51)46(53)48(49)55)60-43(50)38-36-34-32-30-28-26-16-14-12-10-8-6-4-2/h5,7,11,13,17-18,20-21,23-24,27,29,42,44-49,51-55H,3-4,6,8-10,12,14-16,19,22,25-26,28,30-41H2,1-2H3,(H,56,57)/b7-5-,13-11-,18-17-,21-20-,24-23-,29-27-. The smallest absolute Gasteiger partial charge is 0.457 e. The molecule has 12 nitrogen and oxygen atoms in total. The second-order valence-corrected chi connectivity index (χ2v) is 17.6. The fourth-order valence-electron chi connectivity index (χ4n) is 6.83. The van der Waals surface area contributed by atoms with E-state index in [4.69, 9.17) is 18.5 Å². The minimum absolute atomic E-state index is 0.101. The number of aliphatic hydroxyl groups excluding tert-OH is 5. The van der Waals surface area contributed by atoms with Gasteiger partial charge in [0.2, 0.25) is 0 Å². The molecule has 1 rings (SSSR count). The van der Waals surface area contributed by atoms with Gasteiger partial charge >= 0.3 is 13.8 Å². The van der Waals surface area contributed by atoms with Gasteiger partial charge in [0.05, 0.1) is 13.2 Å². The summed E-state index contributed by atoms with van der Waals surface area (Å²) < 4.78 is 34.2. The summed E-state index contributed by atoms with van der Waals surface area (Å²) in [7, 11) is -5.03.